The van der Waals surface area contributed by atoms with Gasteiger partial charge in [-0.25, -0.2) is 0 Å². The maximum absolute atomic E-state index is 5.90. The van der Waals surface area contributed by atoms with Crippen LogP contribution in [0.4, 0.5) is 0 Å². The quantitative estimate of drug-likeness (QED) is 0.646. The zero-order valence-electron chi connectivity index (χ0n) is 5.90. The van der Waals surface area contributed by atoms with Gasteiger partial charge in [0, 0.05) is 20.3 Å². The molecule has 0 amide bonds. The average Bonchev–Trinajstić information content (AvgIpc) is 1.95. The van der Waals surface area contributed by atoms with Crippen LogP contribution in [0.3, 0.4) is 0 Å². The van der Waals surface area contributed by atoms with Gasteiger partial charge in [0.15, 0.2) is 0 Å². The lowest BCUT2D eigenvalue weighted by atomic mass is 10.2. The van der Waals surface area contributed by atoms with Gasteiger partial charge < -0.3 is 0 Å². The van der Waals surface area contributed by atoms with E-state index in [0.717, 1.165) is 23.1 Å². The molecule has 0 saturated carbocycles. The molecular formula is C8H7Cl2Si. The Balaban J connectivity index is 2.90. The van der Waals surface area contributed by atoms with Gasteiger partial charge in [0.25, 0.3) is 0 Å². The Morgan fingerprint density at radius 1 is 1.27 bits per heavy atom. The third-order valence-electron chi connectivity index (χ3n) is 1.41. The Labute approximate surface area is 79.9 Å². The highest BCUT2D eigenvalue weighted by atomic mass is 35.5. The van der Waals surface area contributed by atoms with Crippen LogP contribution in [0.2, 0.25) is 16.1 Å². The molecule has 0 bridgehead atoms. The minimum atomic E-state index is 0.688. The molecule has 0 aliphatic carbocycles. The molecule has 0 N–H and O–H groups in total. The Morgan fingerprint density at radius 2 is 2.00 bits per heavy atom. The highest BCUT2D eigenvalue weighted by Crippen LogP contribution is 2.21. The molecule has 0 fully saturated rings. The van der Waals surface area contributed by atoms with Gasteiger partial charge in [0.1, 0.15) is 0 Å². The predicted molar refractivity (Wildman–Crippen MR) is 50.7 cm³/mol. The lowest BCUT2D eigenvalue weighted by Crippen LogP contribution is -1.84. The van der Waals surface area contributed by atoms with Crippen LogP contribution in [0.5, 0.6) is 0 Å². The standard InChI is InChI=1S/C8H7Cl2Si/c9-7-2-1-6(3-4-11)8(10)5-7/h1-2,5H,3-4H2. The van der Waals surface area contributed by atoms with Gasteiger partial charge in [-0.05, 0) is 24.1 Å². The Hall–Kier alpha value is 0.0169. The van der Waals surface area contributed by atoms with E-state index >= 15 is 0 Å². The maximum Gasteiger partial charge on any atom is 0.0452 e. The van der Waals surface area contributed by atoms with Crippen LogP contribution in [0.1, 0.15) is 5.56 Å². The Bertz CT molecular complexity index is 248. The van der Waals surface area contributed by atoms with Gasteiger partial charge >= 0.3 is 0 Å². The summed E-state index contributed by atoms with van der Waals surface area (Å²) < 4.78 is 0. The summed E-state index contributed by atoms with van der Waals surface area (Å²) in [6.07, 6.45) is 0.937. The molecule has 3 radical (unpaired) electrons. The van der Waals surface area contributed by atoms with E-state index in [4.69, 9.17) is 23.2 Å². The molecule has 0 aromatic heterocycles. The average molecular weight is 202 g/mol. The summed E-state index contributed by atoms with van der Waals surface area (Å²) in [7, 11) is 3.39. The van der Waals surface area contributed by atoms with Crippen molar-refractivity contribution in [3.63, 3.8) is 0 Å². The number of rotatable bonds is 2. The molecule has 0 nitrogen and oxygen atoms in total. The van der Waals surface area contributed by atoms with Crippen LogP contribution in [-0.2, 0) is 6.42 Å². The largest absolute Gasteiger partial charge is 0.0843 e. The summed E-state index contributed by atoms with van der Waals surface area (Å²) in [6.45, 7) is 0. The van der Waals surface area contributed by atoms with Crippen LogP contribution < -0.4 is 0 Å². The van der Waals surface area contributed by atoms with Crippen LogP contribution in [0, 0.1) is 0 Å². The fourth-order valence-corrected chi connectivity index (χ4v) is 1.63. The van der Waals surface area contributed by atoms with Crippen molar-refractivity contribution >= 4 is 33.4 Å². The lowest BCUT2D eigenvalue weighted by Gasteiger charge is -2.01. The number of aryl methyl sites for hydroxylation is 1. The molecule has 0 aliphatic rings. The van der Waals surface area contributed by atoms with Crippen LogP contribution >= 0.6 is 23.2 Å². The van der Waals surface area contributed by atoms with Gasteiger partial charge in [-0.3, -0.25) is 0 Å². The van der Waals surface area contributed by atoms with Gasteiger partial charge in [-0.2, -0.15) is 0 Å². The van der Waals surface area contributed by atoms with Crippen molar-refractivity contribution in [3.05, 3.63) is 33.8 Å². The van der Waals surface area contributed by atoms with Crippen molar-refractivity contribution in [2.75, 3.05) is 0 Å². The first-order chi connectivity index (χ1) is 5.24. The first-order valence-electron chi connectivity index (χ1n) is 3.32. The minimum Gasteiger partial charge on any atom is -0.0843 e. The second-order valence-electron chi connectivity index (χ2n) is 2.24. The molecule has 0 atom stereocenters. The van der Waals surface area contributed by atoms with Gasteiger partial charge in [0.05, 0.1) is 0 Å². The fourth-order valence-electron chi connectivity index (χ4n) is 0.859. The molecule has 57 valence electrons. The summed E-state index contributed by atoms with van der Waals surface area (Å²) in [5.74, 6) is 0. The van der Waals surface area contributed by atoms with E-state index in [1.807, 2.05) is 12.1 Å². The number of hydrogen-bond donors (Lipinski definition) is 0. The molecule has 0 heterocycles. The third-order valence-corrected chi connectivity index (χ3v) is 2.25. The molecule has 0 saturated heterocycles. The first-order valence-corrected chi connectivity index (χ1v) is 4.79. The number of hydrogen-bond acceptors (Lipinski definition) is 0. The van der Waals surface area contributed by atoms with E-state index in [-0.39, 0.29) is 0 Å². The van der Waals surface area contributed by atoms with Crippen molar-refractivity contribution in [3.8, 4) is 0 Å². The molecule has 0 aliphatic heterocycles. The van der Waals surface area contributed by atoms with Crippen molar-refractivity contribution in [2.45, 2.75) is 12.5 Å². The van der Waals surface area contributed by atoms with Crippen molar-refractivity contribution in [1.29, 1.82) is 0 Å². The molecular weight excluding hydrogens is 195 g/mol. The lowest BCUT2D eigenvalue weighted by molar-refractivity contribution is 1.13. The molecule has 1 rings (SSSR count). The van der Waals surface area contributed by atoms with Crippen molar-refractivity contribution < 1.29 is 0 Å². The van der Waals surface area contributed by atoms with E-state index < -0.39 is 0 Å². The number of benzene rings is 1. The fraction of sp³-hybridized carbons (Fsp3) is 0.250. The van der Waals surface area contributed by atoms with Gasteiger partial charge in [-0.1, -0.05) is 35.3 Å². The summed E-state index contributed by atoms with van der Waals surface area (Å²) in [5, 5.41) is 1.43. The van der Waals surface area contributed by atoms with Gasteiger partial charge in [0.2, 0.25) is 0 Å². The van der Waals surface area contributed by atoms with Crippen molar-refractivity contribution in [2.24, 2.45) is 0 Å². The van der Waals surface area contributed by atoms with E-state index in [1.165, 1.54) is 0 Å². The van der Waals surface area contributed by atoms with E-state index in [2.05, 4.69) is 10.2 Å². The molecule has 0 unspecified atom stereocenters. The predicted octanol–water partition coefficient (Wildman–Crippen LogP) is 3.12. The summed E-state index contributed by atoms with van der Waals surface area (Å²) in [5.41, 5.74) is 1.13. The number of halogens is 2. The SMILES string of the molecule is [Si]CCc1ccc(Cl)cc1Cl. The normalized spacial score (nSPS) is 10.1. The first kappa shape index (κ1) is 9.11. The van der Waals surface area contributed by atoms with E-state index in [1.54, 1.807) is 6.07 Å². The molecule has 11 heavy (non-hydrogen) atoms. The Kier molecular flexibility index (Phi) is 3.43. The topological polar surface area (TPSA) is 0 Å². The summed E-state index contributed by atoms with van der Waals surface area (Å²) in [6, 6.07) is 6.48. The molecule has 3 heteroatoms. The van der Waals surface area contributed by atoms with Crippen LogP contribution in [-0.4, -0.2) is 10.2 Å². The summed E-state index contributed by atoms with van der Waals surface area (Å²) >= 11 is 11.6. The van der Waals surface area contributed by atoms with Crippen LogP contribution in [0.25, 0.3) is 0 Å². The second kappa shape index (κ2) is 4.15. The zero-order valence-corrected chi connectivity index (χ0v) is 8.41. The second-order valence-corrected chi connectivity index (χ2v) is 3.58. The zero-order chi connectivity index (χ0) is 8.27. The minimum absolute atomic E-state index is 0.688. The monoisotopic (exact) mass is 201 g/mol. The smallest absolute Gasteiger partial charge is 0.0452 e. The van der Waals surface area contributed by atoms with Crippen molar-refractivity contribution in [1.82, 2.24) is 0 Å². The summed E-state index contributed by atoms with van der Waals surface area (Å²) in [4.78, 5) is 0. The molecule has 1 aromatic rings. The highest BCUT2D eigenvalue weighted by molar-refractivity contribution is 6.35. The molecule has 0 spiro atoms. The van der Waals surface area contributed by atoms with Gasteiger partial charge in [-0.15, -0.1) is 0 Å². The third kappa shape index (κ3) is 2.51. The molecule has 1 aromatic carbocycles. The Morgan fingerprint density at radius 3 is 2.55 bits per heavy atom. The highest BCUT2D eigenvalue weighted by Gasteiger charge is 1.98. The van der Waals surface area contributed by atoms with E-state index in [9.17, 15) is 0 Å². The maximum atomic E-state index is 5.90. The van der Waals surface area contributed by atoms with Crippen LogP contribution in [0.15, 0.2) is 18.2 Å². The van der Waals surface area contributed by atoms with E-state index in [0.29, 0.717) is 5.02 Å².